The number of ether oxygens (including phenoxy) is 1. The molecule has 11 heteroatoms. The first-order valence-corrected chi connectivity index (χ1v) is 15.3. The molecule has 0 unspecified atom stereocenters. The van der Waals surface area contributed by atoms with Crippen LogP contribution in [0.3, 0.4) is 0 Å². The van der Waals surface area contributed by atoms with Crippen molar-refractivity contribution in [2.45, 2.75) is 40.0 Å². The summed E-state index contributed by atoms with van der Waals surface area (Å²) in [7, 11) is 1.51. The molecule has 0 radical (unpaired) electrons. The Bertz CT molecular complexity index is 1510. The van der Waals surface area contributed by atoms with Gasteiger partial charge in [0.25, 0.3) is 5.91 Å². The molecule has 238 valence electrons. The Morgan fingerprint density at radius 3 is 2.20 bits per heavy atom. The second kappa shape index (κ2) is 13.2. The maximum Gasteiger partial charge on any atom is 0.257 e. The fraction of sp³-hybridized carbons (Fsp3) is 0.441. The number of carbonyl (C=O) groups is 4. The summed E-state index contributed by atoms with van der Waals surface area (Å²) in [6.07, 6.45) is 3.27. The fourth-order valence-electron chi connectivity index (χ4n) is 6.15. The zero-order valence-corrected chi connectivity index (χ0v) is 26.4. The lowest BCUT2D eigenvalue weighted by atomic mass is 9.70. The van der Waals surface area contributed by atoms with Crippen LogP contribution >= 0.6 is 0 Å². The average molecular weight is 615 g/mol. The third-order valence-corrected chi connectivity index (χ3v) is 8.53. The number of hydrogen-bond donors (Lipinski definition) is 2. The number of amides is 4. The number of nitrogens with zero attached hydrogens (tertiary/aromatic N) is 4. The number of likely N-dealkylation sites (tertiary alicyclic amines) is 2. The molecule has 0 aliphatic carbocycles. The Morgan fingerprint density at radius 2 is 1.58 bits per heavy atom. The summed E-state index contributed by atoms with van der Waals surface area (Å²) in [5.74, 6) is -1.56. The highest BCUT2D eigenvalue weighted by Gasteiger charge is 2.59. The van der Waals surface area contributed by atoms with E-state index in [0.717, 1.165) is 11.1 Å². The highest BCUT2D eigenvalue weighted by Crippen LogP contribution is 2.45. The van der Waals surface area contributed by atoms with Crippen molar-refractivity contribution in [3.05, 3.63) is 89.7 Å². The molecule has 2 aliphatic heterocycles. The van der Waals surface area contributed by atoms with E-state index in [2.05, 4.69) is 15.7 Å². The number of carbonyl (C=O) groups excluding carboxylic acids is 4. The summed E-state index contributed by atoms with van der Waals surface area (Å²) < 4.78 is 7.52. The maximum absolute atomic E-state index is 13.9. The van der Waals surface area contributed by atoms with Crippen LogP contribution in [0.15, 0.2) is 73.1 Å². The molecule has 0 bridgehead atoms. The quantitative estimate of drug-likeness (QED) is 0.361. The number of rotatable bonds is 10. The summed E-state index contributed by atoms with van der Waals surface area (Å²) >= 11 is 0. The summed E-state index contributed by atoms with van der Waals surface area (Å²) in [5, 5.41) is 9.88. The first kappa shape index (κ1) is 31.9. The van der Waals surface area contributed by atoms with Gasteiger partial charge in [-0.15, -0.1) is 0 Å². The van der Waals surface area contributed by atoms with Gasteiger partial charge in [-0.25, -0.2) is 0 Å². The molecule has 4 amide bonds. The van der Waals surface area contributed by atoms with E-state index in [1.165, 1.54) is 7.05 Å². The van der Waals surface area contributed by atoms with Crippen LogP contribution in [0.25, 0.3) is 0 Å². The largest absolute Gasteiger partial charge is 0.374 e. The molecule has 3 heterocycles. The van der Waals surface area contributed by atoms with E-state index in [9.17, 15) is 19.2 Å². The van der Waals surface area contributed by atoms with Gasteiger partial charge in [0.1, 0.15) is 6.04 Å². The predicted octanol–water partition coefficient (Wildman–Crippen LogP) is 2.33. The minimum Gasteiger partial charge on any atom is -0.374 e. The Morgan fingerprint density at radius 1 is 0.956 bits per heavy atom. The van der Waals surface area contributed by atoms with Crippen molar-refractivity contribution in [1.29, 1.82) is 0 Å². The second-order valence-electron chi connectivity index (χ2n) is 13.1. The smallest absolute Gasteiger partial charge is 0.257 e. The van der Waals surface area contributed by atoms with Gasteiger partial charge in [-0.05, 0) is 11.1 Å². The summed E-state index contributed by atoms with van der Waals surface area (Å²) in [6, 6.07) is 18.5. The van der Waals surface area contributed by atoms with Gasteiger partial charge in [-0.2, -0.15) is 5.10 Å². The van der Waals surface area contributed by atoms with Crippen molar-refractivity contribution >= 4 is 23.6 Å². The summed E-state index contributed by atoms with van der Waals surface area (Å²) in [4.78, 5) is 56.9. The Hall–Kier alpha value is -4.51. The molecule has 45 heavy (non-hydrogen) atoms. The molecule has 2 aromatic carbocycles. The SMILES string of the molecule is CNC(=O)[C@H](COCc1ccccc1)NC(=O)[C@H]1CN(C(=O)c2cnn(Cc3ccccc3)c2)CC12CN(C(=O)C(C)(C)C)C2. The molecular weight excluding hydrogens is 572 g/mol. The number of benzene rings is 2. The predicted molar refractivity (Wildman–Crippen MR) is 168 cm³/mol. The molecule has 2 aliphatic rings. The van der Waals surface area contributed by atoms with Crippen LogP contribution in [-0.2, 0) is 32.3 Å². The summed E-state index contributed by atoms with van der Waals surface area (Å²) in [5.41, 5.74) is 1.25. The Kier molecular flexibility index (Phi) is 9.38. The molecule has 2 N–H and O–H groups in total. The minimum absolute atomic E-state index is 0.00297. The van der Waals surface area contributed by atoms with Gasteiger partial charge < -0.3 is 25.2 Å². The Balaban J connectivity index is 1.30. The van der Waals surface area contributed by atoms with E-state index < -0.39 is 22.8 Å². The van der Waals surface area contributed by atoms with Gasteiger partial charge in [-0.3, -0.25) is 23.9 Å². The topological polar surface area (TPSA) is 126 Å². The van der Waals surface area contributed by atoms with Crippen molar-refractivity contribution in [2.24, 2.45) is 16.7 Å². The van der Waals surface area contributed by atoms with Crippen molar-refractivity contribution < 1.29 is 23.9 Å². The normalized spacial score (nSPS) is 17.9. The van der Waals surface area contributed by atoms with E-state index in [-0.39, 0.29) is 36.8 Å². The van der Waals surface area contributed by atoms with Crippen molar-refractivity contribution in [3.63, 3.8) is 0 Å². The van der Waals surface area contributed by atoms with Gasteiger partial charge in [0.15, 0.2) is 0 Å². The molecule has 0 saturated carbocycles. The van der Waals surface area contributed by atoms with Gasteiger partial charge in [0.2, 0.25) is 17.7 Å². The van der Waals surface area contributed by atoms with Crippen LogP contribution in [0.5, 0.6) is 0 Å². The van der Waals surface area contributed by atoms with Crippen molar-refractivity contribution in [3.8, 4) is 0 Å². The van der Waals surface area contributed by atoms with Gasteiger partial charge >= 0.3 is 0 Å². The monoisotopic (exact) mass is 614 g/mol. The standard InChI is InChI=1S/C34H42N6O5/c1-33(2,3)32(44)39-22-34(23-39)21-38(31(43)26-15-36-40(17-26)16-24-11-7-5-8-12-24)18-27(34)29(41)37-28(30(42)35-4)20-45-19-25-13-9-6-10-14-25/h5-15,17,27-28H,16,18-23H2,1-4H3,(H,35,42)(H,37,41)/t27-,28+/m1/s1. The van der Waals surface area contributed by atoms with Crippen molar-refractivity contribution in [1.82, 2.24) is 30.2 Å². The first-order chi connectivity index (χ1) is 21.5. The highest BCUT2D eigenvalue weighted by molar-refractivity contribution is 5.95. The number of aromatic nitrogens is 2. The van der Waals surface area contributed by atoms with E-state index in [4.69, 9.17) is 4.74 Å². The van der Waals surface area contributed by atoms with Crippen LogP contribution in [0.2, 0.25) is 0 Å². The lowest BCUT2D eigenvalue weighted by Gasteiger charge is -2.52. The lowest BCUT2D eigenvalue weighted by molar-refractivity contribution is -0.157. The van der Waals surface area contributed by atoms with E-state index in [0.29, 0.717) is 38.3 Å². The molecule has 1 aromatic heterocycles. The lowest BCUT2D eigenvalue weighted by Crippen LogP contribution is -2.66. The van der Waals surface area contributed by atoms with Gasteiger partial charge in [-0.1, -0.05) is 81.4 Å². The van der Waals surface area contributed by atoms with E-state index in [1.54, 1.807) is 26.9 Å². The van der Waals surface area contributed by atoms with Crippen LogP contribution in [0.4, 0.5) is 0 Å². The highest BCUT2D eigenvalue weighted by atomic mass is 16.5. The van der Waals surface area contributed by atoms with Crippen LogP contribution in [0, 0.1) is 16.7 Å². The van der Waals surface area contributed by atoms with Crippen LogP contribution in [-0.4, -0.2) is 89.1 Å². The third-order valence-electron chi connectivity index (χ3n) is 8.53. The van der Waals surface area contributed by atoms with Gasteiger partial charge in [0.05, 0.1) is 37.4 Å². The van der Waals surface area contributed by atoms with E-state index in [1.807, 2.05) is 81.4 Å². The average Bonchev–Trinajstić information content (AvgIpc) is 3.65. The molecule has 5 rings (SSSR count). The van der Waals surface area contributed by atoms with E-state index >= 15 is 0 Å². The molecule has 2 atom stereocenters. The summed E-state index contributed by atoms with van der Waals surface area (Å²) in [6.45, 7) is 7.59. The second-order valence-corrected chi connectivity index (χ2v) is 13.1. The molecule has 11 nitrogen and oxygen atoms in total. The number of nitrogens with one attached hydrogen (secondary N) is 2. The number of likely N-dealkylation sites (N-methyl/N-ethyl adjacent to an activating group) is 1. The minimum atomic E-state index is -0.920. The first-order valence-electron chi connectivity index (χ1n) is 15.3. The van der Waals surface area contributed by atoms with Crippen molar-refractivity contribution in [2.75, 3.05) is 39.8 Å². The number of hydrogen-bond acceptors (Lipinski definition) is 6. The molecule has 2 fully saturated rings. The Labute approximate surface area is 263 Å². The van der Waals surface area contributed by atoms with Crippen LogP contribution in [0.1, 0.15) is 42.3 Å². The molecule has 1 spiro atoms. The zero-order valence-electron chi connectivity index (χ0n) is 26.4. The molecule has 3 aromatic rings. The maximum atomic E-state index is 13.9. The molecule has 2 saturated heterocycles. The fourth-order valence-corrected chi connectivity index (χ4v) is 6.15. The van der Waals surface area contributed by atoms with Gasteiger partial charge in [0, 0.05) is 50.3 Å². The molecular formula is C34H42N6O5. The third kappa shape index (κ3) is 7.25. The van der Waals surface area contributed by atoms with Crippen LogP contribution < -0.4 is 10.6 Å². The zero-order chi connectivity index (χ0) is 32.2.